The van der Waals surface area contributed by atoms with Gasteiger partial charge in [0.05, 0.1) is 0 Å². The summed E-state index contributed by atoms with van der Waals surface area (Å²) in [5, 5.41) is 0. The van der Waals surface area contributed by atoms with Crippen molar-refractivity contribution in [2.24, 2.45) is 14.1 Å². The quantitative estimate of drug-likeness (QED) is 0.202. The van der Waals surface area contributed by atoms with Crippen molar-refractivity contribution in [2.45, 2.75) is 25.7 Å². The first kappa shape index (κ1) is 28.3. The lowest BCUT2D eigenvalue weighted by Crippen LogP contribution is -3.00. The van der Waals surface area contributed by atoms with Crippen molar-refractivity contribution in [1.29, 1.82) is 0 Å². The van der Waals surface area contributed by atoms with Gasteiger partial charge in [-0.05, 0) is 70.2 Å². The second kappa shape index (κ2) is 13.3. The van der Waals surface area contributed by atoms with Crippen LogP contribution in [-0.2, 0) is 39.8 Å². The molecule has 0 amide bonds. The van der Waals surface area contributed by atoms with E-state index in [1.165, 1.54) is 44.5 Å². The second-order valence-electron chi connectivity index (χ2n) is 9.33. The van der Waals surface area contributed by atoms with E-state index in [1.54, 1.807) is 0 Å². The van der Waals surface area contributed by atoms with Crippen LogP contribution in [0.4, 0.5) is 0 Å². The molecule has 0 spiro atoms. The number of pyridine rings is 2. The average Bonchev–Trinajstić information content (AvgIpc) is 2.85. The fourth-order valence-electron chi connectivity index (χ4n) is 4.54. The first-order valence-corrected chi connectivity index (χ1v) is 12.1. The molecular weight excluding hydrogens is 666 g/mol. The molecule has 4 bridgehead atoms. The lowest BCUT2D eigenvalue weighted by molar-refractivity contribution is -0.671. The van der Waals surface area contributed by atoms with Crippen LogP contribution in [0, 0.1) is 0 Å². The Morgan fingerprint density at radius 2 is 0.889 bits per heavy atom. The Labute approximate surface area is 249 Å². The van der Waals surface area contributed by atoms with Crippen LogP contribution in [-0.4, -0.2) is 0 Å². The van der Waals surface area contributed by atoms with Crippen molar-refractivity contribution in [3.8, 4) is 0 Å². The van der Waals surface area contributed by atoms with Crippen molar-refractivity contribution < 1.29 is 57.1 Å². The molecular formula is C32H32I2N2. The Balaban J connectivity index is 0.00000180. The number of halogens is 2. The van der Waals surface area contributed by atoms with Gasteiger partial charge in [-0.25, -0.2) is 9.13 Å². The van der Waals surface area contributed by atoms with Crippen LogP contribution in [0.5, 0.6) is 0 Å². The lowest BCUT2D eigenvalue weighted by Gasteiger charge is -2.15. The van der Waals surface area contributed by atoms with Gasteiger partial charge in [-0.1, -0.05) is 60.7 Å². The van der Waals surface area contributed by atoms with Gasteiger partial charge < -0.3 is 48.0 Å². The van der Waals surface area contributed by atoms with E-state index in [1.807, 2.05) is 0 Å². The van der Waals surface area contributed by atoms with Crippen molar-refractivity contribution in [3.05, 3.63) is 130 Å². The summed E-state index contributed by atoms with van der Waals surface area (Å²) in [6.45, 7) is 0. The number of benzene rings is 2. The lowest BCUT2D eigenvalue weighted by atomic mass is 9.90. The molecule has 0 unspecified atom stereocenters. The first-order chi connectivity index (χ1) is 16.6. The molecule has 0 atom stereocenters. The van der Waals surface area contributed by atoms with Crippen LogP contribution < -0.4 is 57.1 Å². The highest BCUT2D eigenvalue weighted by Gasteiger charge is 2.09. The minimum absolute atomic E-state index is 0. The molecule has 4 heteroatoms. The smallest absolute Gasteiger partial charge is 0.169 e. The molecule has 0 radical (unpaired) electrons. The normalized spacial score (nSPS) is 12.7. The molecule has 0 aliphatic heterocycles. The van der Waals surface area contributed by atoms with Crippen LogP contribution in [0.3, 0.4) is 0 Å². The fourth-order valence-corrected chi connectivity index (χ4v) is 4.54. The molecule has 4 aliphatic carbocycles. The fraction of sp³-hybridized carbons (Fsp3) is 0.188. The molecule has 0 saturated carbocycles. The van der Waals surface area contributed by atoms with E-state index >= 15 is 0 Å². The number of aryl methyl sites for hydroxylation is 6. The van der Waals surface area contributed by atoms with Crippen LogP contribution in [0.2, 0.25) is 0 Å². The minimum Gasteiger partial charge on any atom is -1.00 e. The van der Waals surface area contributed by atoms with E-state index in [0.29, 0.717) is 0 Å². The second-order valence-corrected chi connectivity index (χ2v) is 9.33. The van der Waals surface area contributed by atoms with Crippen molar-refractivity contribution >= 4 is 24.3 Å². The van der Waals surface area contributed by atoms with Crippen molar-refractivity contribution in [1.82, 2.24) is 0 Å². The molecule has 0 fully saturated rings. The largest absolute Gasteiger partial charge is 1.00 e. The average molecular weight is 698 g/mol. The summed E-state index contributed by atoms with van der Waals surface area (Å²) in [5.41, 5.74) is 10.8. The van der Waals surface area contributed by atoms with E-state index < -0.39 is 0 Å². The van der Waals surface area contributed by atoms with E-state index in [0.717, 1.165) is 25.7 Å². The molecule has 0 N–H and O–H groups in total. The standard InChI is InChI=1S/C32H32N2.2HI/c1-33-19-15-25(16-20-33)5-11-31-23-27-3-4-28-8-10-30(14-13-29(31)9-7-27)32(24-28)12-6-26-17-21-34(2)22-18-26;;/h5-12,15-24H,3-4,13-14H2,1-2H3;2*1H/q+2;;/p-2/b11-5+,12-6+;;. The van der Waals surface area contributed by atoms with E-state index in [2.05, 4.69) is 133 Å². The summed E-state index contributed by atoms with van der Waals surface area (Å²) in [4.78, 5) is 0. The predicted molar refractivity (Wildman–Crippen MR) is 141 cm³/mol. The van der Waals surface area contributed by atoms with E-state index in [-0.39, 0.29) is 48.0 Å². The van der Waals surface area contributed by atoms with Gasteiger partial charge in [-0.3, -0.25) is 0 Å². The number of hydrogen-bond acceptors (Lipinski definition) is 0. The Morgan fingerprint density at radius 3 is 1.28 bits per heavy atom. The first-order valence-electron chi connectivity index (χ1n) is 12.1. The molecule has 4 aromatic rings. The zero-order valence-corrected chi connectivity index (χ0v) is 25.2. The van der Waals surface area contributed by atoms with Gasteiger partial charge in [0.15, 0.2) is 24.8 Å². The summed E-state index contributed by atoms with van der Waals surface area (Å²) in [5.74, 6) is 0. The third-order valence-electron chi connectivity index (χ3n) is 6.71. The monoisotopic (exact) mass is 698 g/mol. The highest BCUT2D eigenvalue weighted by atomic mass is 127. The topological polar surface area (TPSA) is 7.76 Å². The summed E-state index contributed by atoms with van der Waals surface area (Å²) in [6.07, 6.45) is 21.6. The Bertz CT molecular complexity index is 1250. The molecule has 0 saturated heterocycles. The van der Waals surface area contributed by atoms with Crippen LogP contribution in [0.1, 0.15) is 44.5 Å². The SMILES string of the molecule is C[n+]1ccc(/C=C/c2cc3ccc2CCc2ccc(cc2/C=C/c2cc[n+](C)cc2)CC3)cc1.[I-].[I-]. The van der Waals surface area contributed by atoms with Crippen molar-refractivity contribution in [3.63, 3.8) is 0 Å². The maximum absolute atomic E-state index is 2.39. The predicted octanol–water partition coefficient (Wildman–Crippen LogP) is -0.432. The Kier molecular flexibility index (Phi) is 10.4. The van der Waals surface area contributed by atoms with Gasteiger partial charge in [0, 0.05) is 24.3 Å². The number of rotatable bonds is 4. The maximum atomic E-state index is 2.39. The Morgan fingerprint density at radius 1 is 0.500 bits per heavy atom. The highest BCUT2D eigenvalue weighted by molar-refractivity contribution is 5.72. The zero-order valence-electron chi connectivity index (χ0n) is 20.9. The van der Waals surface area contributed by atoms with Gasteiger partial charge >= 0.3 is 0 Å². The third kappa shape index (κ3) is 7.35. The minimum atomic E-state index is 0. The number of aromatic nitrogens is 2. The molecule has 8 rings (SSSR count). The molecule has 36 heavy (non-hydrogen) atoms. The Hall–Kier alpha value is -2.32. The van der Waals surface area contributed by atoms with Crippen molar-refractivity contribution in [2.75, 3.05) is 0 Å². The summed E-state index contributed by atoms with van der Waals surface area (Å²) in [7, 11) is 4.10. The molecule has 2 aromatic heterocycles. The molecule has 184 valence electrons. The van der Waals surface area contributed by atoms with E-state index in [9.17, 15) is 0 Å². The highest BCUT2D eigenvalue weighted by Crippen LogP contribution is 2.24. The number of nitrogens with zero attached hydrogens (tertiary/aromatic N) is 2. The van der Waals surface area contributed by atoms with Crippen LogP contribution in [0.15, 0.2) is 85.5 Å². The van der Waals surface area contributed by atoms with Crippen LogP contribution >= 0.6 is 0 Å². The molecule has 2 heterocycles. The zero-order chi connectivity index (χ0) is 23.3. The van der Waals surface area contributed by atoms with Gasteiger partial charge in [0.2, 0.25) is 0 Å². The van der Waals surface area contributed by atoms with Gasteiger partial charge in [0.1, 0.15) is 14.1 Å². The molecule has 4 aliphatic rings. The number of hydrogen-bond donors (Lipinski definition) is 0. The summed E-state index contributed by atoms with van der Waals surface area (Å²) >= 11 is 0. The summed E-state index contributed by atoms with van der Waals surface area (Å²) in [6, 6.07) is 22.7. The van der Waals surface area contributed by atoms with Gasteiger partial charge in [0.25, 0.3) is 0 Å². The third-order valence-corrected chi connectivity index (χ3v) is 6.71. The van der Waals surface area contributed by atoms with Gasteiger partial charge in [-0.15, -0.1) is 0 Å². The van der Waals surface area contributed by atoms with Crippen LogP contribution in [0.25, 0.3) is 24.3 Å². The van der Waals surface area contributed by atoms with E-state index in [4.69, 9.17) is 0 Å². The summed E-state index contributed by atoms with van der Waals surface area (Å²) < 4.78 is 4.13. The van der Waals surface area contributed by atoms with Gasteiger partial charge in [-0.2, -0.15) is 0 Å². The molecule has 2 nitrogen and oxygen atoms in total. The maximum Gasteiger partial charge on any atom is 0.169 e. The molecule has 2 aromatic carbocycles.